The summed E-state index contributed by atoms with van der Waals surface area (Å²) in [6.07, 6.45) is 2.96. The molecule has 3 aromatic carbocycles. The average Bonchev–Trinajstić information content (AvgIpc) is 3.37. The summed E-state index contributed by atoms with van der Waals surface area (Å²) < 4.78 is 31.0. The zero-order chi connectivity index (χ0) is 30.3. The third-order valence-corrected chi connectivity index (χ3v) is 9.34. The second kappa shape index (κ2) is 14.4. The second-order valence-corrected chi connectivity index (χ2v) is 13.8. The summed E-state index contributed by atoms with van der Waals surface area (Å²) in [5, 5.41) is 13.1. The molecule has 0 fully saturated rings. The Morgan fingerprint density at radius 2 is 1.71 bits per heavy atom. The molecule has 0 aliphatic carbocycles. The van der Waals surface area contributed by atoms with Crippen LogP contribution in [0.5, 0.6) is 0 Å². The molecule has 0 aliphatic rings. The monoisotopic (exact) mass is 645 g/mol. The van der Waals surface area contributed by atoms with Gasteiger partial charge < -0.3 is 5.32 Å². The van der Waals surface area contributed by atoms with Crippen molar-refractivity contribution in [3.63, 3.8) is 0 Å². The molecule has 1 atom stereocenters. The first-order chi connectivity index (χ1) is 20.0. The Morgan fingerprint density at radius 3 is 2.45 bits per heavy atom. The number of hydrogen-bond donors (Lipinski definition) is 2. The smallest absolute Gasteiger partial charge is 0.261 e. The van der Waals surface area contributed by atoms with Gasteiger partial charge in [0.25, 0.3) is 10.0 Å². The van der Waals surface area contributed by atoms with E-state index in [9.17, 15) is 13.2 Å². The zero-order valence-electron chi connectivity index (χ0n) is 23.6. The predicted molar refractivity (Wildman–Crippen MR) is 172 cm³/mol. The molecule has 1 aromatic heterocycles. The number of aromatic nitrogens is 3. The topological polar surface area (TPSA) is 106 Å². The van der Waals surface area contributed by atoms with Gasteiger partial charge in [0.2, 0.25) is 5.91 Å². The molecule has 0 aliphatic heterocycles. The van der Waals surface area contributed by atoms with E-state index < -0.39 is 10.0 Å². The molecule has 0 saturated heterocycles. The average molecular weight is 647 g/mol. The Hall–Kier alpha value is -3.05. The van der Waals surface area contributed by atoms with Crippen LogP contribution in [0.1, 0.15) is 46.1 Å². The van der Waals surface area contributed by atoms with Crippen molar-refractivity contribution in [2.24, 2.45) is 5.92 Å². The van der Waals surface area contributed by atoms with Gasteiger partial charge in [0.15, 0.2) is 11.0 Å². The lowest BCUT2D eigenvalue weighted by molar-refractivity contribution is -0.113. The molecule has 1 amide bonds. The van der Waals surface area contributed by atoms with E-state index >= 15 is 0 Å². The number of halogens is 2. The second-order valence-electron chi connectivity index (χ2n) is 10.3. The van der Waals surface area contributed by atoms with Gasteiger partial charge in [-0.2, -0.15) is 0 Å². The lowest BCUT2D eigenvalue weighted by Gasteiger charge is -2.19. The maximum Gasteiger partial charge on any atom is 0.261 e. The molecule has 0 radical (unpaired) electrons. The van der Waals surface area contributed by atoms with Crippen LogP contribution in [0, 0.1) is 5.92 Å². The van der Waals surface area contributed by atoms with Crippen LogP contribution < -0.4 is 10.0 Å². The van der Waals surface area contributed by atoms with Crippen molar-refractivity contribution in [3.8, 4) is 11.4 Å². The van der Waals surface area contributed by atoms with Crippen LogP contribution in [0.2, 0.25) is 10.0 Å². The van der Waals surface area contributed by atoms with E-state index in [1.165, 1.54) is 17.8 Å². The van der Waals surface area contributed by atoms with Crippen LogP contribution >= 0.6 is 35.0 Å². The lowest BCUT2D eigenvalue weighted by Crippen LogP contribution is -2.15. The molecule has 8 nitrogen and oxygen atoms in total. The number of amides is 1. The van der Waals surface area contributed by atoms with Gasteiger partial charge >= 0.3 is 0 Å². The van der Waals surface area contributed by atoms with Gasteiger partial charge in [-0.1, -0.05) is 92.0 Å². The number of thioether (sulfide) groups is 1. The molecule has 0 saturated carbocycles. The predicted octanol–water partition coefficient (Wildman–Crippen LogP) is 8.17. The number of para-hydroxylation sites is 1. The fourth-order valence-corrected chi connectivity index (χ4v) is 6.75. The van der Waals surface area contributed by atoms with Gasteiger partial charge in [-0.3, -0.25) is 14.1 Å². The quantitative estimate of drug-likeness (QED) is 0.142. The van der Waals surface area contributed by atoms with Crippen molar-refractivity contribution >= 4 is 62.3 Å². The first-order valence-electron chi connectivity index (χ1n) is 13.5. The number of nitrogens with zero attached hydrogens (tertiary/aromatic N) is 3. The SMILES string of the molecule is CC(C)CCC[C@@H](C)n1c(SCC(=O)Nc2cccc(Cl)c2)nnc1-c1cccc(S(=O)(=O)Nc2ccccc2Cl)c1. The highest BCUT2D eigenvalue weighted by atomic mass is 35.5. The van der Waals surface area contributed by atoms with E-state index in [-0.39, 0.29) is 22.6 Å². The zero-order valence-corrected chi connectivity index (χ0v) is 26.7. The standard InChI is InChI=1S/C30H33Cl2N5O3S2/c1-20(2)9-6-10-21(3)37-29(34-35-30(37)41-19-28(38)33-24-13-8-12-23(31)18-24)22-11-7-14-25(17-22)42(39,40)36-27-16-5-4-15-26(27)32/h4-5,7-8,11-18,20-21,36H,6,9-10,19H2,1-3H3,(H,33,38)/t21-/m1/s1. The van der Waals surface area contributed by atoms with Crippen LogP contribution in [0.4, 0.5) is 11.4 Å². The number of benzene rings is 3. The maximum atomic E-state index is 13.2. The van der Waals surface area contributed by atoms with Gasteiger partial charge in [-0.05, 0) is 61.7 Å². The summed E-state index contributed by atoms with van der Waals surface area (Å²) >= 11 is 13.5. The fourth-order valence-electron chi connectivity index (χ4n) is 4.36. The number of carbonyl (C=O) groups is 1. The van der Waals surface area contributed by atoms with Crippen LogP contribution in [-0.2, 0) is 14.8 Å². The Balaban J connectivity index is 1.60. The molecular weight excluding hydrogens is 613 g/mol. The highest BCUT2D eigenvalue weighted by Crippen LogP contribution is 2.32. The molecule has 0 unspecified atom stereocenters. The molecule has 222 valence electrons. The Labute approximate surface area is 261 Å². The first-order valence-corrected chi connectivity index (χ1v) is 16.8. The third kappa shape index (κ3) is 8.50. The highest BCUT2D eigenvalue weighted by molar-refractivity contribution is 7.99. The van der Waals surface area contributed by atoms with Crippen LogP contribution in [0.25, 0.3) is 11.4 Å². The molecule has 0 bridgehead atoms. The number of anilines is 2. The third-order valence-electron chi connectivity index (χ3n) is 6.47. The minimum atomic E-state index is -3.93. The minimum Gasteiger partial charge on any atom is -0.325 e. The van der Waals surface area contributed by atoms with E-state index in [1.807, 2.05) is 4.57 Å². The summed E-state index contributed by atoms with van der Waals surface area (Å²) in [5.41, 5.74) is 1.50. The molecular formula is C30H33Cl2N5O3S2. The summed E-state index contributed by atoms with van der Waals surface area (Å²) in [6.45, 7) is 6.47. The van der Waals surface area contributed by atoms with Crippen molar-refractivity contribution in [1.82, 2.24) is 14.8 Å². The van der Waals surface area contributed by atoms with Gasteiger partial charge in [-0.15, -0.1) is 10.2 Å². The normalized spacial score (nSPS) is 12.3. The van der Waals surface area contributed by atoms with Crippen molar-refractivity contribution < 1.29 is 13.2 Å². The van der Waals surface area contributed by atoms with E-state index in [0.717, 1.165) is 19.3 Å². The van der Waals surface area contributed by atoms with E-state index in [1.54, 1.807) is 66.7 Å². The number of hydrogen-bond acceptors (Lipinski definition) is 6. The van der Waals surface area contributed by atoms with Crippen molar-refractivity contribution in [2.75, 3.05) is 15.8 Å². The fraction of sp³-hybridized carbons (Fsp3) is 0.300. The largest absolute Gasteiger partial charge is 0.325 e. The summed E-state index contributed by atoms with van der Waals surface area (Å²) in [5.74, 6) is 1.01. The number of carbonyl (C=O) groups excluding carboxylic acids is 1. The van der Waals surface area contributed by atoms with E-state index in [4.69, 9.17) is 23.2 Å². The van der Waals surface area contributed by atoms with Gasteiger partial charge in [0.05, 0.1) is 21.4 Å². The van der Waals surface area contributed by atoms with Crippen molar-refractivity contribution in [1.29, 1.82) is 0 Å². The molecule has 4 aromatic rings. The molecule has 12 heteroatoms. The minimum absolute atomic E-state index is 0.00811. The summed E-state index contributed by atoms with van der Waals surface area (Å²) in [7, 11) is -3.93. The summed E-state index contributed by atoms with van der Waals surface area (Å²) in [4.78, 5) is 12.8. The van der Waals surface area contributed by atoms with Crippen LogP contribution in [0.15, 0.2) is 82.8 Å². The molecule has 1 heterocycles. The molecule has 4 rings (SSSR count). The Bertz CT molecular complexity index is 1640. The van der Waals surface area contributed by atoms with Gasteiger partial charge in [0.1, 0.15) is 0 Å². The number of nitrogens with one attached hydrogen (secondary N) is 2. The maximum absolute atomic E-state index is 13.2. The highest BCUT2D eigenvalue weighted by Gasteiger charge is 2.23. The van der Waals surface area contributed by atoms with Crippen molar-refractivity contribution in [2.45, 2.75) is 56.1 Å². The van der Waals surface area contributed by atoms with Crippen LogP contribution in [-0.4, -0.2) is 34.8 Å². The molecule has 0 spiro atoms. The Kier molecular flexibility index (Phi) is 10.9. The van der Waals surface area contributed by atoms with E-state index in [0.29, 0.717) is 43.9 Å². The molecule has 42 heavy (non-hydrogen) atoms. The number of sulfonamides is 1. The molecule has 2 N–H and O–H groups in total. The van der Waals surface area contributed by atoms with Gasteiger partial charge in [-0.25, -0.2) is 8.42 Å². The van der Waals surface area contributed by atoms with Crippen LogP contribution in [0.3, 0.4) is 0 Å². The van der Waals surface area contributed by atoms with E-state index in [2.05, 4.69) is 41.0 Å². The van der Waals surface area contributed by atoms with Gasteiger partial charge in [0, 0.05) is 22.3 Å². The number of rotatable bonds is 13. The Morgan fingerprint density at radius 1 is 0.952 bits per heavy atom. The van der Waals surface area contributed by atoms with Crippen molar-refractivity contribution in [3.05, 3.63) is 82.8 Å². The summed E-state index contributed by atoms with van der Waals surface area (Å²) in [6, 6.07) is 20.2. The first kappa shape index (κ1) is 31.9. The lowest BCUT2D eigenvalue weighted by atomic mass is 10.0.